The summed E-state index contributed by atoms with van der Waals surface area (Å²) in [6.07, 6.45) is 1.47. The second kappa shape index (κ2) is 13.9. The SMILES string of the molecule is CSCCC(NC(=O)OC(C)(C)C)C(=O)N(CC#N)C(C(=O)Nc1ccccc1C)c1ccc(C)cc1C. The molecule has 0 aliphatic heterocycles. The van der Waals surface area contributed by atoms with Crippen LogP contribution in [0.15, 0.2) is 42.5 Å². The summed E-state index contributed by atoms with van der Waals surface area (Å²) in [6.45, 7) is 10.6. The monoisotopic (exact) mass is 538 g/mol. The molecule has 2 unspecified atom stereocenters. The molecule has 0 spiro atoms. The molecule has 0 saturated heterocycles. The van der Waals surface area contributed by atoms with Crippen molar-refractivity contribution in [2.75, 3.05) is 23.9 Å². The van der Waals surface area contributed by atoms with E-state index < -0.39 is 35.6 Å². The number of aryl methyl sites for hydroxylation is 3. The minimum Gasteiger partial charge on any atom is -0.444 e. The van der Waals surface area contributed by atoms with Gasteiger partial charge in [0.05, 0.1) is 6.07 Å². The van der Waals surface area contributed by atoms with Crippen molar-refractivity contribution >= 4 is 35.4 Å². The summed E-state index contributed by atoms with van der Waals surface area (Å²) in [5.74, 6) is -0.400. The molecule has 0 fully saturated rings. The van der Waals surface area contributed by atoms with Crippen molar-refractivity contribution in [3.05, 3.63) is 64.7 Å². The molecule has 2 aromatic carbocycles. The highest BCUT2D eigenvalue weighted by atomic mass is 32.2. The van der Waals surface area contributed by atoms with Gasteiger partial charge in [-0.2, -0.15) is 17.0 Å². The molecule has 0 heterocycles. The molecule has 0 aromatic heterocycles. The minimum atomic E-state index is -1.10. The zero-order valence-electron chi connectivity index (χ0n) is 23.3. The zero-order chi connectivity index (χ0) is 28.5. The summed E-state index contributed by atoms with van der Waals surface area (Å²) in [5, 5.41) is 15.3. The summed E-state index contributed by atoms with van der Waals surface area (Å²) in [7, 11) is 0. The number of amides is 3. The Morgan fingerprint density at radius 3 is 2.34 bits per heavy atom. The fraction of sp³-hybridized carbons (Fsp3) is 0.448. The molecule has 0 saturated carbocycles. The Labute approximate surface area is 230 Å². The summed E-state index contributed by atoms with van der Waals surface area (Å²) in [6, 6.07) is 12.9. The van der Waals surface area contributed by atoms with Crippen LogP contribution < -0.4 is 10.6 Å². The molecule has 3 amide bonds. The van der Waals surface area contributed by atoms with Gasteiger partial charge in [-0.3, -0.25) is 9.59 Å². The largest absolute Gasteiger partial charge is 0.444 e. The van der Waals surface area contributed by atoms with Crippen LogP contribution in [0.5, 0.6) is 0 Å². The summed E-state index contributed by atoms with van der Waals surface area (Å²) in [5.41, 5.74) is 3.15. The number of alkyl carbamates (subject to hydrolysis) is 1. The molecule has 0 radical (unpaired) electrons. The first-order valence-electron chi connectivity index (χ1n) is 12.5. The van der Waals surface area contributed by atoms with Gasteiger partial charge in [0, 0.05) is 5.69 Å². The van der Waals surface area contributed by atoms with Crippen molar-refractivity contribution in [1.82, 2.24) is 10.2 Å². The summed E-state index contributed by atoms with van der Waals surface area (Å²) >= 11 is 1.52. The fourth-order valence-corrected chi connectivity index (χ4v) is 4.48. The van der Waals surface area contributed by atoms with E-state index in [-0.39, 0.29) is 6.54 Å². The first kappa shape index (κ1) is 30.7. The van der Waals surface area contributed by atoms with Gasteiger partial charge in [-0.25, -0.2) is 4.79 Å². The van der Waals surface area contributed by atoms with Crippen LogP contribution in [0, 0.1) is 32.1 Å². The molecular formula is C29H38N4O4S. The van der Waals surface area contributed by atoms with E-state index >= 15 is 0 Å². The lowest BCUT2D eigenvalue weighted by atomic mass is 9.96. The van der Waals surface area contributed by atoms with Crippen LogP contribution in [0.3, 0.4) is 0 Å². The number of carbonyl (C=O) groups is 3. The predicted octanol–water partition coefficient (Wildman–Crippen LogP) is 5.29. The number of carbonyl (C=O) groups excluding carboxylic acids is 3. The Bertz CT molecular complexity index is 1190. The van der Waals surface area contributed by atoms with E-state index in [9.17, 15) is 19.6 Å². The van der Waals surface area contributed by atoms with Crippen LogP contribution >= 0.6 is 11.8 Å². The number of hydrogen-bond donors (Lipinski definition) is 2. The Morgan fingerprint density at radius 1 is 1.08 bits per heavy atom. The van der Waals surface area contributed by atoms with Crippen molar-refractivity contribution in [3.63, 3.8) is 0 Å². The molecule has 0 aliphatic rings. The molecule has 0 bridgehead atoms. The molecule has 204 valence electrons. The predicted molar refractivity (Wildman–Crippen MR) is 152 cm³/mol. The Hall–Kier alpha value is -3.51. The van der Waals surface area contributed by atoms with Gasteiger partial charge in [0.15, 0.2) is 0 Å². The number of nitrogens with one attached hydrogen (secondary N) is 2. The highest BCUT2D eigenvalue weighted by molar-refractivity contribution is 7.98. The van der Waals surface area contributed by atoms with Crippen molar-refractivity contribution in [1.29, 1.82) is 5.26 Å². The number of ether oxygens (including phenoxy) is 1. The van der Waals surface area contributed by atoms with Gasteiger partial charge in [0.1, 0.15) is 24.2 Å². The van der Waals surface area contributed by atoms with E-state index in [2.05, 4.69) is 10.6 Å². The van der Waals surface area contributed by atoms with Crippen LogP contribution in [0.1, 0.15) is 55.5 Å². The van der Waals surface area contributed by atoms with Gasteiger partial charge in [0.25, 0.3) is 5.91 Å². The third kappa shape index (κ3) is 8.80. The van der Waals surface area contributed by atoms with E-state index in [1.807, 2.05) is 69.5 Å². The second-order valence-corrected chi connectivity index (χ2v) is 11.2. The van der Waals surface area contributed by atoms with Crippen molar-refractivity contribution in [2.24, 2.45) is 0 Å². The Balaban J connectivity index is 2.54. The molecule has 38 heavy (non-hydrogen) atoms. The maximum atomic E-state index is 14.0. The lowest BCUT2D eigenvalue weighted by Gasteiger charge is -2.33. The quantitative estimate of drug-likeness (QED) is 0.398. The number of benzene rings is 2. The highest BCUT2D eigenvalue weighted by Gasteiger charge is 2.37. The lowest BCUT2D eigenvalue weighted by molar-refractivity contribution is -0.140. The van der Waals surface area contributed by atoms with E-state index in [4.69, 9.17) is 4.74 Å². The molecule has 8 nitrogen and oxygen atoms in total. The van der Waals surface area contributed by atoms with E-state index in [1.54, 1.807) is 26.8 Å². The number of nitriles is 1. The highest BCUT2D eigenvalue weighted by Crippen LogP contribution is 2.28. The van der Waals surface area contributed by atoms with Crippen LogP contribution in [-0.4, -0.2) is 53.0 Å². The average Bonchev–Trinajstić information content (AvgIpc) is 2.82. The maximum absolute atomic E-state index is 14.0. The van der Waals surface area contributed by atoms with Crippen molar-refractivity contribution < 1.29 is 19.1 Å². The van der Waals surface area contributed by atoms with Gasteiger partial charge in [-0.05, 0) is 82.7 Å². The number of anilines is 1. The minimum absolute atomic E-state index is 0.306. The smallest absolute Gasteiger partial charge is 0.408 e. The van der Waals surface area contributed by atoms with Gasteiger partial charge in [-0.1, -0.05) is 42.0 Å². The molecule has 2 atom stereocenters. The third-order valence-electron chi connectivity index (χ3n) is 5.81. The molecule has 2 aromatic rings. The fourth-order valence-electron chi connectivity index (χ4n) is 4.01. The third-order valence-corrected chi connectivity index (χ3v) is 6.45. The zero-order valence-corrected chi connectivity index (χ0v) is 24.1. The lowest BCUT2D eigenvalue weighted by Crippen LogP contribution is -2.52. The molecule has 0 aliphatic carbocycles. The normalized spacial score (nSPS) is 12.6. The first-order valence-corrected chi connectivity index (χ1v) is 13.9. The summed E-state index contributed by atoms with van der Waals surface area (Å²) in [4.78, 5) is 41.7. The van der Waals surface area contributed by atoms with Crippen molar-refractivity contribution in [2.45, 2.75) is 65.6 Å². The second-order valence-electron chi connectivity index (χ2n) is 10.2. The van der Waals surface area contributed by atoms with Crippen LogP contribution in [0.25, 0.3) is 0 Å². The Morgan fingerprint density at radius 2 is 1.76 bits per heavy atom. The van der Waals surface area contributed by atoms with E-state index in [1.165, 1.54) is 16.7 Å². The van der Waals surface area contributed by atoms with E-state index in [0.717, 1.165) is 16.7 Å². The van der Waals surface area contributed by atoms with Gasteiger partial charge in [0.2, 0.25) is 5.91 Å². The van der Waals surface area contributed by atoms with Crippen LogP contribution in [0.4, 0.5) is 10.5 Å². The number of thioether (sulfide) groups is 1. The standard InChI is InChI=1S/C29H38N4O4S/c1-19-12-13-22(21(3)18-19)25(26(34)31-23-11-9-8-10-20(23)2)33(16-15-30)27(35)24(14-17-38-7)32-28(36)37-29(4,5)6/h8-13,18,24-25H,14,16-17H2,1-7H3,(H,31,34)(H,32,36). The first-order chi connectivity index (χ1) is 17.9. The Kier molecular flexibility index (Phi) is 11.2. The number of para-hydroxylation sites is 1. The van der Waals surface area contributed by atoms with Crippen LogP contribution in [-0.2, 0) is 14.3 Å². The molecule has 2 rings (SSSR count). The molecular weight excluding hydrogens is 500 g/mol. The average molecular weight is 539 g/mol. The van der Waals surface area contributed by atoms with Crippen LogP contribution in [0.2, 0.25) is 0 Å². The van der Waals surface area contributed by atoms with E-state index in [0.29, 0.717) is 23.4 Å². The topological polar surface area (TPSA) is 112 Å². The summed E-state index contributed by atoms with van der Waals surface area (Å²) < 4.78 is 5.38. The van der Waals surface area contributed by atoms with Gasteiger partial charge in [-0.15, -0.1) is 0 Å². The van der Waals surface area contributed by atoms with Gasteiger partial charge < -0.3 is 20.3 Å². The number of hydrogen-bond acceptors (Lipinski definition) is 6. The molecule has 2 N–H and O–H groups in total. The maximum Gasteiger partial charge on any atom is 0.408 e. The van der Waals surface area contributed by atoms with Gasteiger partial charge >= 0.3 is 6.09 Å². The van der Waals surface area contributed by atoms with Crippen molar-refractivity contribution in [3.8, 4) is 6.07 Å². The number of rotatable bonds is 10. The number of nitrogens with zero attached hydrogens (tertiary/aromatic N) is 2. The molecule has 9 heteroatoms.